The molecule has 3 atom stereocenters. The average Bonchev–Trinajstić information content (AvgIpc) is 3.78. The van der Waals surface area contributed by atoms with E-state index in [0.717, 1.165) is 29.3 Å². The lowest BCUT2D eigenvalue weighted by molar-refractivity contribution is -0.385. The molecule has 3 amide bonds. The van der Waals surface area contributed by atoms with Crippen LogP contribution in [0.25, 0.3) is 10.9 Å². The second-order valence-electron chi connectivity index (χ2n) is 12.4. The number of likely N-dealkylation sites (tertiary alicyclic amines) is 1. The van der Waals surface area contributed by atoms with Crippen molar-refractivity contribution in [2.75, 3.05) is 23.4 Å². The first-order valence-electron chi connectivity index (χ1n) is 15.9. The topological polar surface area (TPSA) is 169 Å². The first kappa shape index (κ1) is 32.6. The Morgan fingerprint density at radius 1 is 1.17 bits per heavy atom. The quantitative estimate of drug-likeness (QED) is 0.105. The van der Waals surface area contributed by atoms with Gasteiger partial charge in [0, 0.05) is 59.4 Å². The number of para-hydroxylation sites is 1. The van der Waals surface area contributed by atoms with Gasteiger partial charge in [-0.25, -0.2) is 0 Å². The number of nitro groups is 1. The van der Waals surface area contributed by atoms with Crippen LogP contribution in [-0.2, 0) is 33.0 Å². The third kappa shape index (κ3) is 6.19. The lowest BCUT2D eigenvalue weighted by atomic mass is 9.82. The maximum Gasteiger partial charge on any atom is 0.269 e. The summed E-state index contributed by atoms with van der Waals surface area (Å²) in [6, 6.07) is 18.5. The third-order valence-electron chi connectivity index (χ3n) is 9.35. The maximum absolute atomic E-state index is 14.0. The number of carbonyl (C=O) groups is 3. The number of anilines is 2. The summed E-state index contributed by atoms with van der Waals surface area (Å²) < 4.78 is 0. The molecule has 3 heterocycles. The van der Waals surface area contributed by atoms with Crippen LogP contribution in [-0.4, -0.2) is 61.9 Å². The number of nitrogens with zero attached hydrogens (tertiary/aromatic N) is 3. The van der Waals surface area contributed by atoms with Crippen molar-refractivity contribution >= 4 is 45.7 Å². The molecule has 0 bridgehead atoms. The van der Waals surface area contributed by atoms with E-state index in [0.29, 0.717) is 23.5 Å². The van der Waals surface area contributed by atoms with Gasteiger partial charge < -0.3 is 30.3 Å². The SMILES string of the molecule is C[C@H](/C=C/CC(=O)N1CCC[C@H]1CO)[C@@]1(O)C(=O)N(Cc2ccc(NC(=O)Cc3c[nH]c4ccccc34)cc2)c2ccc([N+](=O)[O-])cc21. The summed E-state index contributed by atoms with van der Waals surface area (Å²) in [5, 5.41) is 37.0. The van der Waals surface area contributed by atoms with Crippen LogP contribution in [0.15, 0.2) is 85.1 Å². The van der Waals surface area contributed by atoms with Gasteiger partial charge >= 0.3 is 0 Å². The Labute approximate surface area is 276 Å². The minimum atomic E-state index is -2.11. The Balaban J connectivity index is 1.16. The summed E-state index contributed by atoms with van der Waals surface area (Å²) in [6.07, 6.45) is 6.78. The van der Waals surface area contributed by atoms with Crippen molar-refractivity contribution in [2.24, 2.45) is 5.92 Å². The number of nitro benzene ring substituents is 1. The number of non-ortho nitro benzene ring substituents is 1. The lowest BCUT2D eigenvalue weighted by Crippen LogP contribution is -2.44. The summed E-state index contributed by atoms with van der Waals surface area (Å²) in [4.78, 5) is 56.8. The van der Waals surface area contributed by atoms with Crippen molar-refractivity contribution < 1.29 is 29.5 Å². The first-order chi connectivity index (χ1) is 23.1. The van der Waals surface area contributed by atoms with Gasteiger partial charge in [-0.1, -0.05) is 49.4 Å². The highest BCUT2D eigenvalue weighted by Gasteiger charge is 2.53. The van der Waals surface area contributed by atoms with Crippen LogP contribution in [0.2, 0.25) is 0 Å². The third-order valence-corrected chi connectivity index (χ3v) is 9.35. The molecule has 4 N–H and O–H groups in total. The van der Waals surface area contributed by atoms with Crippen molar-refractivity contribution in [2.45, 2.75) is 50.8 Å². The number of aliphatic hydroxyl groups is 2. The zero-order valence-electron chi connectivity index (χ0n) is 26.5. The van der Waals surface area contributed by atoms with Crippen LogP contribution >= 0.6 is 0 Å². The minimum absolute atomic E-state index is 0.0291. The standard InChI is InChI=1S/C36H37N5O7/c1-23(6-4-10-34(44)39-17-5-7-28(39)22-42)36(46)30-19-27(41(47)48)15-16-32(30)40(35(36)45)21-24-11-13-26(14-12-24)38-33(43)18-25-20-37-31-9-3-2-8-29(25)31/h2-4,6,8-9,11-16,19-20,23,28,37,42,46H,5,7,10,17-18,21-22H2,1H3,(H,38,43)/b6-4+/t23-,28+,36+/m1/s1. The van der Waals surface area contributed by atoms with Crippen LogP contribution < -0.4 is 10.2 Å². The molecule has 0 aliphatic carbocycles. The number of amides is 3. The molecule has 2 aliphatic heterocycles. The molecular weight excluding hydrogens is 614 g/mol. The Kier molecular flexibility index (Phi) is 9.11. The summed E-state index contributed by atoms with van der Waals surface area (Å²) in [6.45, 7) is 2.17. The molecule has 12 nitrogen and oxygen atoms in total. The Hall–Kier alpha value is -5.33. The van der Waals surface area contributed by atoms with Crippen molar-refractivity contribution in [3.8, 4) is 0 Å². The van der Waals surface area contributed by atoms with Gasteiger partial charge in [-0.15, -0.1) is 0 Å². The molecular formula is C36H37N5O7. The van der Waals surface area contributed by atoms with Crippen LogP contribution in [0.3, 0.4) is 0 Å². The van der Waals surface area contributed by atoms with E-state index < -0.39 is 22.3 Å². The monoisotopic (exact) mass is 651 g/mol. The number of aromatic nitrogens is 1. The minimum Gasteiger partial charge on any atom is -0.394 e. The summed E-state index contributed by atoms with van der Waals surface area (Å²) in [5.74, 6) is -1.81. The second kappa shape index (κ2) is 13.4. The zero-order valence-corrected chi connectivity index (χ0v) is 26.5. The zero-order chi connectivity index (χ0) is 34.0. The summed E-state index contributed by atoms with van der Waals surface area (Å²) >= 11 is 0. The number of benzene rings is 3. The highest BCUT2D eigenvalue weighted by molar-refractivity contribution is 6.07. The number of nitrogens with one attached hydrogen (secondary N) is 2. The fourth-order valence-corrected chi connectivity index (χ4v) is 6.72. The smallest absolute Gasteiger partial charge is 0.269 e. The molecule has 0 spiro atoms. The molecule has 4 aromatic rings. The van der Waals surface area contributed by atoms with Crippen molar-refractivity contribution in [1.82, 2.24) is 9.88 Å². The molecule has 6 rings (SSSR count). The number of hydrogen-bond donors (Lipinski definition) is 4. The van der Waals surface area contributed by atoms with Crippen molar-refractivity contribution in [3.05, 3.63) is 112 Å². The number of fused-ring (bicyclic) bond motifs is 2. The summed E-state index contributed by atoms with van der Waals surface area (Å²) in [7, 11) is 0. The van der Waals surface area contributed by atoms with Gasteiger partial charge in [0.1, 0.15) is 0 Å². The number of carbonyl (C=O) groups excluding carboxylic acids is 3. The predicted octanol–water partition coefficient (Wildman–Crippen LogP) is 4.56. The van der Waals surface area contributed by atoms with Gasteiger partial charge in [-0.3, -0.25) is 24.5 Å². The van der Waals surface area contributed by atoms with Crippen LogP contribution in [0, 0.1) is 16.0 Å². The highest BCUT2D eigenvalue weighted by atomic mass is 16.6. The molecule has 0 unspecified atom stereocenters. The average molecular weight is 652 g/mol. The van der Waals surface area contributed by atoms with E-state index in [4.69, 9.17) is 0 Å². The molecule has 248 valence electrons. The number of hydrogen-bond acceptors (Lipinski definition) is 7. The second-order valence-corrected chi connectivity index (χ2v) is 12.4. The fraction of sp³-hybridized carbons (Fsp3) is 0.306. The Morgan fingerprint density at radius 3 is 2.69 bits per heavy atom. The van der Waals surface area contributed by atoms with Crippen LogP contribution in [0.1, 0.15) is 42.9 Å². The fourth-order valence-electron chi connectivity index (χ4n) is 6.72. The van der Waals surface area contributed by atoms with Crippen LogP contribution in [0.4, 0.5) is 17.1 Å². The number of H-pyrrole nitrogens is 1. The van der Waals surface area contributed by atoms with Gasteiger partial charge in [-0.2, -0.15) is 0 Å². The van der Waals surface area contributed by atoms with E-state index in [1.165, 1.54) is 23.1 Å². The number of aromatic amines is 1. The largest absolute Gasteiger partial charge is 0.394 e. The molecule has 3 aromatic carbocycles. The van der Waals surface area contributed by atoms with E-state index in [1.54, 1.807) is 48.2 Å². The molecule has 1 aromatic heterocycles. The molecule has 12 heteroatoms. The normalized spacial score (nSPS) is 19.6. The number of rotatable bonds is 11. The number of aliphatic hydroxyl groups excluding tert-OH is 1. The Bertz CT molecular complexity index is 1900. The van der Waals surface area contributed by atoms with Crippen molar-refractivity contribution in [3.63, 3.8) is 0 Å². The van der Waals surface area contributed by atoms with Gasteiger partial charge in [0.15, 0.2) is 5.60 Å². The van der Waals surface area contributed by atoms with E-state index in [2.05, 4.69) is 10.3 Å². The molecule has 1 fully saturated rings. The molecule has 1 saturated heterocycles. The van der Waals surface area contributed by atoms with E-state index in [9.17, 15) is 34.7 Å². The van der Waals surface area contributed by atoms with Gasteiger partial charge in [0.25, 0.3) is 11.6 Å². The van der Waals surface area contributed by atoms with Gasteiger partial charge in [0.05, 0.1) is 36.2 Å². The molecule has 48 heavy (non-hydrogen) atoms. The van der Waals surface area contributed by atoms with E-state index >= 15 is 0 Å². The molecule has 2 aliphatic rings. The van der Waals surface area contributed by atoms with E-state index in [1.807, 2.05) is 30.5 Å². The molecule has 0 saturated carbocycles. The lowest BCUT2D eigenvalue weighted by Gasteiger charge is -2.28. The summed E-state index contributed by atoms with van der Waals surface area (Å²) in [5.41, 5.74) is 1.23. The maximum atomic E-state index is 14.0. The molecule has 0 radical (unpaired) electrons. The predicted molar refractivity (Wildman–Crippen MR) is 180 cm³/mol. The first-order valence-corrected chi connectivity index (χ1v) is 15.9. The van der Waals surface area contributed by atoms with Gasteiger partial charge in [0.2, 0.25) is 11.8 Å². The van der Waals surface area contributed by atoms with Crippen molar-refractivity contribution in [1.29, 1.82) is 0 Å². The van der Waals surface area contributed by atoms with Gasteiger partial charge in [-0.05, 0) is 48.2 Å². The Morgan fingerprint density at radius 2 is 1.94 bits per heavy atom. The van der Waals surface area contributed by atoms with E-state index in [-0.39, 0.29) is 55.1 Å². The van der Waals surface area contributed by atoms with Crippen LogP contribution in [0.5, 0.6) is 0 Å². The highest BCUT2D eigenvalue weighted by Crippen LogP contribution is 2.47.